The van der Waals surface area contributed by atoms with Gasteiger partial charge in [-0.25, -0.2) is 4.39 Å². The number of aliphatic carboxylic acids is 1. The minimum atomic E-state index is -1.11. The molecule has 0 aliphatic heterocycles. The van der Waals surface area contributed by atoms with Crippen LogP contribution in [0.1, 0.15) is 30.4 Å². The zero-order chi connectivity index (χ0) is 18.4. The van der Waals surface area contributed by atoms with Gasteiger partial charge in [0.2, 0.25) is 5.91 Å². The van der Waals surface area contributed by atoms with Crippen LogP contribution in [0.15, 0.2) is 42.5 Å². The molecule has 0 saturated heterocycles. The molecule has 0 aromatic heterocycles. The highest BCUT2D eigenvalue weighted by Gasteiger charge is 2.16. The van der Waals surface area contributed by atoms with Crippen molar-refractivity contribution in [2.75, 3.05) is 12.4 Å². The fourth-order valence-corrected chi connectivity index (χ4v) is 2.60. The number of methoxy groups -OCH3 is 1. The number of carbonyl (C=O) groups excluding carboxylic acids is 1. The molecule has 0 spiro atoms. The first-order valence-electron chi connectivity index (χ1n) is 7.83. The third-order valence-corrected chi connectivity index (χ3v) is 3.84. The van der Waals surface area contributed by atoms with Crippen molar-refractivity contribution in [3.8, 4) is 5.75 Å². The lowest BCUT2D eigenvalue weighted by Crippen LogP contribution is -2.15. The van der Waals surface area contributed by atoms with Crippen LogP contribution in [0.5, 0.6) is 5.75 Å². The Labute approximate surface area is 145 Å². The summed E-state index contributed by atoms with van der Waals surface area (Å²) in [6, 6.07) is 11.5. The summed E-state index contributed by atoms with van der Waals surface area (Å²) in [7, 11) is 1.58. The van der Waals surface area contributed by atoms with Crippen LogP contribution in [0.3, 0.4) is 0 Å². The number of carbonyl (C=O) groups is 2. The Morgan fingerprint density at radius 1 is 1.24 bits per heavy atom. The highest BCUT2D eigenvalue weighted by atomic mass is 19.1. The molecule has 25 heavy (non-hydrogen) atoms. The van der Waals surface area contributed by atoms with Crippen LogP contribution in [-0.4, -0.2) is 24.1 Å². The maximum Gasteiger partial charge on any atom is 0.307 e. The SMILES string of the molecule is COc1ccccc1C(C)CC(=O)Nc1ccc(CC(=O)O)c(F)c1. The first-order chi connectivity index (χ1) is 11.9. The molecule has 6 heteroatoms. The van der Waals surface area contributed by atoms with E-state index in [1.807, 2.05) is 31.2 Å². The second-order valence-corrected chi connectivity index (χ2v) is 5.77. The predicted octanol–water partition coefficient (Wildman–Crippen LogP) is 3.59. The van der Waals surface area contributed by atoms with E-state index in [-0.39, 0.29) is 23.8 Å². The molecule has 1 amide bonds. The standard InChI is InChI=1S/C19H20FNO4/c1-12(15-5-3-4-6-17(15)25-2)9-18(22)21-14-8-7-13(10-19(23)24)16(20)11-14/h3-8,11-12H,9-10H2,1-2H3,(H,21,22)(H,23,24). The molecule has 1 atom stereocenters. The molecule has 0 heterocycles. The van der Waals surface area contributed by atoms with Crippen molar-refractivity contribution in [3.05, 3.63) is 59.4 Å². The van der Waals surface area contributed by atoms with Gasteiger partial charge in [-0.15, -0.1) is 0 Å². The van der Waals surface area contributed by atoms with Gasteiger partial charge in [-0.3, -0.25) is 9.59 Å². The van der Waals surface area contributed by atoms with Crippen LogP contribution in [0.2, 0.25) is 0 Å². The molecule has 0 bridgehead atoms. The molecule has 0 saturated carbocycles. The van der Waals surface area contributed by atoms with E-state index in [9.17, 15) is 14.0 Å². The number of anilines is 1. The van der Waals surface area contributed by atoms with Crippen LogP contribution in [0, 0.1) is 5.82 Å². The van der Waals surface area contributed by atoms with Gasteiger partial charge < -0.3 is 15.2 Å². The molecule has 0 radical (unpaired) electrons. The second kappa shape index (κ2) is 8.28. The third-order valence-electron chi connectivity index (χ3n) is 3.84. The zero-order valence-corrected chi connectivity index (χ0v) is 14.1. The summed E-state index contributed by atoms with van der Waals surface area (Å²) in [5.41, 5.74) is 1.29. The molecular weight excluding hydrogens is 325 g/mol. The van der Waals surface area contributed by atoms with Crippen molar-refractivity contribution >= 4 is 17.6 Å². The largest absolute Gasteiger partial charge is 0.496 e. The van der Waals surface area contributed by atoms with Crippen molar-refractivity contribution in [2.45, 2.75) is 25.7 Å². The van der Waals surface area contributed by atoms with Gasteiger partial charge >= 0.3 is 5.97 Å². The molecular formula is C19H20FNO4. The fraction of sp³-hybridized carbons (Fsp3) is 0.263. The lowest BCUT2D eigenvalue weighted by atomic mass is 9.96. The number of ether oxygens (including phenoxy) is 1. The number of hydrogen-bond acceptors (Lipinski definition) is 3. The lowest BCUT2D eigenvalue weighted by Gasteiger charge is -2.15. The molecule has 0 aliphatic carbocycles. The molecule has 5 nitrogen and oxygen atoms in total. The number of para-hydroxylation sites is 1. The van der Waals surface area contributed by atoms with E-state index in [1.165, 1.54) is 12.1 Å². The Kier molecular flexibility index (Phi) is 6.11. The summed E-state index contributed by atoms with van der Waals surface area (Å²) in [4.78, 5) is 22.8. The molecule has 2 aromatic rings. The van der Waals surface area contributed by atoms with Crippen molar-refractivity contribution in [2.24, 2.45) is 0 Å². The van der Waals surface area contributed by atoms with Crippen molar-refractivity contribution in [1.29, 1.82) is 0 Å². The molecule has 2 N–H and O–H groups in total. The summed E-state index contributed by atoms with van der Waals surface area (Å²) < 4.78 is 19.2. The predicted molar refractivity (Wildman–Crippen MR) is 92.4 cm³/mol. The number of benzene rings is 2. The summed E-state index contributed by atoms with van der Waals surface area (Å²) in [5, 5.41) is 11.3. The first kappa shape index (κ1) is 18.4. The van der Waals surface area contributed by atoms with Gasteiger partial charge in [0.25, 0.3) is 0 Å². The minimum Gasteiger partial charge on any atom is -0.496 e. The summed E-state index contributed by atoms with van der Waals surface area (Å²) in [5.74, 6) is -1.39. The molecule has 0 aliphatic rings. The highest BCUT2D eigenvalue weighted by molar-refractivity contribution is 5.91. The highest BCUT2D eigenvalue weighted by Crippen LogP contribution is 2.28. The molecule has 1 unspecified atom stereocenters. The monoisotopic (exact) mass is 345 g/mol. The zero-order valence-electron chi connectivity index (χ0n) is 14.1. The van der Waals surface area contributed by atoms with Gasteiger partial charge in [-0.05, 0) is 35.2 Å². The Morgan fingerprint density at radius 3 is 2.60 bits per heavy atom. The quantitative estimate of drug-likeness (QED) is 0.804. The van der Waals surface area contributed by atoms with Gasteiger partial charge in [0.15, 0.2) is 0 Å². The van der Waals surface area contributed by atoms with Crippen LogP contribution in [0.4, 0.5) is 10.1 Å². The van der Waals surface area contributed by atoms with Crippen molar-refractivity contribution in [3.63, 3.8) is 0 Å². The van der Waals surface area contributed by atoms with Crippen molar-refractivity contribution < 1.29 is 23.8 Å². The Bertz CT molecular complexity index is 776. The van der Waals surface area contributed by atoms with Crippen LogP contribution in [0.25, 0.3) is 0 Å². The van der Waals surface area contributed by atoms with Gasteiger partial charge in [0.05, 0.1) is 13.5 Å². The summed E-state index contributed by atoms with van der Waals surface area (Å²) in [6.07, 6.45) is -0.191. The Balaban J connectivity index is 2.02. The smallest absolute Gasteiger partial charge is 0.307 e. The topological polar surface area (TPSA) is 75.6 Å². The third kappa shape index (κ3) is 5.04. The molecule has 2 aromatic carbocycles. The normalized spacial score (nSPS) is 11.6. The van der Waals surface area contributed by atoms with E-state index in [2.05, 4.69) is 5.32 Å². The average Bonchev–Trinajstić information content (AvgIpc) is 2.56. The maximum atomic E-state index is 13.9. The van der Waals surface area contributed by atoms with E-state index in [1.54, 1.807) is 7.11 Å². The van der Waals surface area contributed by atoms with Gasteiger partial charge in [0, 0.05) is 12.1 Å². The number of carboxylic acids is 1. The average molecular weight is 345 g/mol. The van der Waals surface area contributed by atoms with Crippen LogP contribution in [-0.2, 0) is 16.0 Å². The summed E-state index contributed by atoms with van der Waals surface area (Å²) in [6.45, 7) is 1.91. The van der Waals surface area contributed by atoms with Crippen LogP contribution >= 0.6 is 0 Å². The van der Waals surface area contributed by atoms with Crippen LogP contribution < -0.4 is 10.1 Å². The van der Waals surface area contributed by atoms with Crippen molar-refractivity contribution in [1.82, 2.24) is 0 Å². The van der Waals surface area contributed by atoms with Gasteiger partial charge in [-0.2, -0.15) is 0 Å². The molecule has 2 rings (SSSR count). The number of carboxylic acid groups (broad SMARTS) is 1. The van der Waals surface area contributed by atoms with E-state index in [4.69, 9.17) is 9.84 Å². The second-order valence-electron chi connectivity index (χ2n) is 5.77. The van der Waals surface area contributed by atoms with E-state index in [0.717, 1.165) is 11.6 Å². The summed E-state index contributed by atoms with van der Waals surface area (Å²) >= 11 is 0. The minimum absolute atomic E-state index is 0.0766. The first-order valence-corrected chi connectivity index (χ1v) is 7.83. The van der Waals surface area contributed by atoms with E-state index < -0.39 is 18.2 Å². The molecule has 0 fully saturated rings. The van der Waals surface area contributed by atoms with E-state index in [0.29, 0.717) is 11.4 Å². The number of amides is 1. The Hall–Kier alpha value is -2.89. The van der Waals surface area contributed by atoms with Gasteiger partial charge in [0.1, 0.15) is 11.6 Å². The fourth-order valence-electron chi connectivity index (χ4n) is 2.60. The molecule has 132 valence electrons. The number of hydrogen-bond donors (Lipinski definition) is 2. The van der Waals surface area contributed by atoms with E-state index >= 15 is 0 Å². The maximum absolute atomic E-state index is 13.9. The number of halogens is 1. The lowest BCUT2D eigenvalue weighted by molar-refractivity contribution is -0.136. The van der Waals surface area contributed by atoms with Gasteiger partial charge in [-0.1, -0.05) is 31.2 Å². The number of rotatable bonds is 7. The number of nitrogens with one attached hydrogen (secondary N) is 1. The Morgan fingerprint density at radius 2 is 1.96 bits per heavy atom.